The molecule has 1 aromatic rings. The number of hydrogen-bond acceptors (Lipinski definition) is 3. The van der Waals surface area contributed by atoms with Gasteiger partial charge >= 0.3 is 0 Å². The molecular weight excluding hydrogens is 467 g/mol. The first-order chi connectivity index (χ1) is 12.8. The minimum atomic E-state index is 0. The zero-order chi connectivity index (χ0) is 19.9. The van der Waals surface area contributed by atoms with Crippen LogP contribution in [0.5, 0.6) is 0 Å². The van der Waals surface area contributed by atoms with Crippen molar-refractivity contribution in [2.45, 2.75) is 46.8 Å². The van der Waals surface area contributed by atoms with Crippen molar-refractivity contribution < 1.29 is 9.53 Å². The smallest absolute Gasteiger partial charge is 0.244 e. The highest BCUT2D eigenvalue weighted by Crippen LogP contribution is 2.21. The third-order valence-electron chi connectivity index (χ3n) is 4.91. The van der Waals surface area contributed by atoms with E-state index in [0.29, 0.717) is 19.0 Å². The maximum atomic E-state index is 12.6. The molecule has 0 aliphatic carbocycles. The van der Waals surface area contributed by atoms with Gasteiger partial charge in [-0.05, 0) is 29.9 Å². The van der Waals surface area contributed by atoms with Crippen molar-refractivity contribution in [3.8, 4) is 0 Å². The largest absolute Gasteiger partial charge is 0.379 e. The first kappa shape index (κ1) is 24.7. The topological polar surface area (TPSA) is 66.0 Å². The van der Waals surface area contributed by atoms with Crippen LogP contribution in [0.15, 0.2) is 29.3 Å². The van der Waals surface area contributed by atoms with Gasteiger partial charge in [-0.3, -0.25) is 4.79 Å². The predicted octanol–water partition coefficient (Wildman–Crippen LogP) is 2.81. The molecule has 7 heteroatoms. The van der Waals surface area contributed by atoms with Gasteiger partial charge in [0.2, 0.25) is 5.91 Å². The van der Waals surface area contributed by atoms with Crippen molar-refractivity contribution in [3.63, 3.8) is 0 Å². The number of nitrogens with one attached hydrogen (secondary N) is 2. The van der Waals surface area contributed by atoms with Crippen LogP contribution < -0.4 is 10.6 Å². The molecule has 2 rings (SSSR count). The number of nitrogens with zero attached hydrogens (tertiary/aromatic N) is 2. The molecule has 28 heavy (non-hydrogen) atoms. The molecule has 1 unspecified atom stereocenters. The number of carbonyl (C=O) groups is 1. The number of halogens is 1. The van der Waals surface area contributed by atoms with E-state index >= 15 is 0 Å². The summed E-state index contributed by atoms with van der Waals surface area (Å²) in [6.07, 6.45) is 0.959. The number of methoxy groups -OCH3 is 1. The van der Waals surface area contributed by atoms with Crippen molar-refractivity contribution in [2.75, 3.05) is 33.3 Å². The van der Waals surface area contributed by atoms with Crippen molar-refractivity contribution in [1.82, 2.24) is 15.5 Å². The van der Waals surface area contributed by atoms with Crippen LogP contribution >= 0.6 is 24.0 Å². The highest BCUT2D eigenvalue weighted by Gasteiger charge is 2.24. The van der Waals surface area contributed by atoms with Crippen molar-refractivity contribution in [1.29, 1.82) is 0 Å². The van der Waals surface area contributed by atoms with Crippen LogP contribution in [0, 0.1) is 5.41 Å². The Hall–Kier alpha value is -1.35. The Bertz CT molecular complexity index is 658. The van der Waals surface area contributed by atoms with Crippen LogP contribution in [0.2, 0.25) is 0 Å². The molecule has 1 heterocycles. The molecule has 1 aliphatic heterocycles. The molecule has 0 aromatic heterocycles. The number of carbonyl (C=O) groups excluding carboxylic acids is 1. The van der Waals surface area contributed by atoms with Gasteiger partial charge in [-0.1, -0.05) is 45.0 Å². The van der Waals surface area contributed by atoms with Crippen LogP contribution in [-0.2, 0) is 22.5 Å². The zero-order valence-corrected chi connectivity index (χ0v) is 20.1. The van der Waals surface area contributed by atoms with E-state index in [0.717, 1.165) is 19.5 Å². The molecule has 2 N–H and O–H groups in total. The Kier molecular flexibility index (Phi) is 10.2. The van der Waals surface area contributed by atoms with E-state index in [9.17, 15) is 4.79 Å². The standard InChI is InChI=1S/C21H34N4O2.HI/c1-6-22-20(23-13-18(27-5)21(2,3)4)24-14-19(26)25-12-11-16-9-7-8-10-17(16)15-25;/h7-10,18H,6,11-15H2,1-5H3,(H2,22,23,24);1H. The lowest BCUT2D eigenvalue weighted by Crippen LogP contribution is -2.46. The second-order valence-corrected chi connectivity index (χ2v) is 8.00. The Morgan fingerprint density at radius 1 is 1.25 bits per heavy atom. The number of amides is 1. The Labute approximate surface area is 186 Å². The highest BCUT2D eigenvalue weighted by molar-refractivity contribution is 14.0. The molecular formula is C21H35IN4O2. The van der Waals surface area contributed by atoms with Crippen LogP contribution in [0.3, 0.4) is 0 Å². The van der Waals surface area contributed by atoms with E-state index in [-0.39, 0.29) is 47.9 Å². The van der Waals surface area contributed by atoms with Gasteiger partial charge in [0.15, 0.2) is 5.96 Å². The summed E-state index contributed by atoms with van der Waals surface area (Å²) in [6.45, 7) is 11.4. The van der Waals surface area contributed by atoms with Crippen molar-refractivity contribution in [3.05, 3.63) is 35.4 Å². The summed E-state index contributed by atoms with van der Waals surface area (Å²) in [4.78, 5) is 19.0. The molecule has 0 saturated carbocycles. The Balaban J connectivity index is 0.00000392. The lowest BCUT2D eigenvalue weighted by atomic mass is 9.89. The van der Waals surface area contributed by atoms with Gasteiger partial charge < -0.3 is 20.3 Å². The maximum Gasteiger partial charge on any atom is 0.244 e. The van der Waals surface area contributed by atoms with Gasteiger partial charge in [-0.15, -0.1) is 24.0 Å². The molecule has 0 spiro atoms. The normalized spacial score (nSPS) is 15.3. The molecule has 1 aliphatic rings. The quantitative estimate of drug-likeness (QED) is 0.357. The minimum absolute atomic E-state index is 0. The molecule has 1 amide bonds. The van der Waals surface area contributed by atoms with Gasteiger partial charge in [0.1, 0.15) is 6.54 Å². The van der Waals surface area contributed by atoms with E-state index in [1.165, 1.54) is 11.1 Å². The second-order valence-electron chi connectivity index (χ2n) is 8.00. The third-order valence-corrected chi connectivity index (χ3v) is 4.91. The van der Waals surface area contributed by atoms with Gasteiger partial charge in [0.05, 0.1) is 6.10 Å². The summed E-state index contributed by atoms with van der Waals surface area (Å²) >= 11 is 0. The van der Waals surface area contributed by atoms with E-state index in [1.54, 1.807) is 7.11 Å². The molecule has 0 bridgehead atoms. The molecule has 1 atom stereocenters. The number of ether oxygens (including phenoxy) is 1. The zero-order valence-electron chi connectivity index (χ0n) is 17.7. The third kappa shape index (κ3) is 7.24. The summed E-state index contributed by atoms with van der Waals surface area (Å²) in [7, 11) is 1.72. The number of aliphatic imine (C=N–C) groups is 1. The minimum Gasteiger partial charge on any atom is -0.379 e. The lowest BCUT2D eigenvalue weighted by Gasteiger charge is -2.30. The fourth-order valence-corrected chi connectivity index (χ4v) is 3.23. The van der Waals surface area contributed by atoms with Crippen LogP contribution in [0.4, 0.5) is 0 Å². The van der Waals surface area contributed by atoms with Crippen LogP contribution in [0.25, 0.3) is 0 Å². The first-order valence-corrected chi connectivity index (χ1v) is 9.74. The molecule has 158 valence electrons. The summed E-state index contributed by atoms with van der Waals surface area (Å²) in [5.74, 6) is 0.704. The van der Waals surface area contributed by atoms with E-state index in [1.807, 2.05) is 17.9 Å². The highest BCUT2D eigenvalue weighted by atomic mass is 127. The van der Waals surface area contributed by atoms with Crippen molar-refractivity contribution in [2.24, 2.45) is 10.4 Å². The average molecular weight is 502 g/mol. The predicted molar refractivity (Wildman–Crippen MR) is 125 cm³/mol. The van der Waals surface area contributed by atoms with Gasteiger partial charge in [-0.2, -0.15) is 0 Å². The first-order valence-electron chi connectivity index (χ1n) is 9.74. The molecule has 0 fully saturated rings. The number of rotatable bonds is 6. The van der Waals surface area contributed by atoms with E-state index in [4.69, 9.17) is 4.74 Å². The monoisotopic (exact) mass is 502 g/mol. The number of fused-ring (bicyclic) bond motifs is 1. The number of guanidine groups is 1. The SMILES string of the molecule is CCNC(=NCC(=O)N1CCc2ccccc2C1)NCC(OC)C(C)(C)C.I. The Morgan fingerprint density at radius 2 is 1.93 bits per heavy atom. The fourth-order valence-electron chi connectivity index (χ4n) is 3.23. The lowest BCUT2D eigenvalue weighted by molar-refractivity contribution is -0.130. The van der Waals surface area contributed by atoms with Crippen molar-refractivity contribution >= 4 is 35.8 Å². The molecule has 1 aromatic carbocycles. The summed E-state index contributed by atoms with van der Waals surface area (Å²) in [5.41, 5.74) is 2.60. The summed E-state index contributed by atoms with van der Waals surface area (Å²) < 4.78 is 5.58. The van der Waals surface area contributed by atoms with Gasteiger partial charge in [0, 0.05) is 33.3 Å². The number of benzene rings is 1. The molecule has 0 radical (unpaired) electrons. The van der Waals surface area contributed by atoms with Crippen LogP contribution in [0.1, 0.15) is 38.8 Å². The maximum absolute atomic E-state index is 12.6. The second kappa shape index (κ2) is 11.6. The summed E-state index contributed by atoms with van der Waals surface area (Å²) in [6, 6.07) is 8.32. The van der Waals surface area contributed by atoms with Gasteiger partial charge in [-0.25, -0.2) is 4.99 Å². The van der Waals surface area contributed by atoms with E-state index < -0.39 is 0 Å². The fraction of sp³-hybridized carbons (Fsp3) is 0.619. The molecule has 6 nitrogen and oxygen atoms in total. The van der Waals surface area contributed by atoms with Crippen LogP contribution in [-0.4, -0.2) is 56.2 Å². The summed E-state index contributed by atoms with van der Waals surface area (Å²) in [5, 5.41) is 6.50. The number of hydrogen-bond donors (Lipinski definition) is 2. The average Bonchev–Trinajstić information content (AvgIpc) is 2.64. The Morgan fingerprint density at radius 3 is 2.54 bits per heavy atom. The van der Waals surface area contributed by atoms with Gasteiger partial charge in [0.25, 0.3) is 0 Å². The van der Waals surface area contributed by atoms with E-state index in [2.05, 4.69) is 54.6 Å². The molecule has 0 saturated heterocycles.